The van der Waals surface area contributed by atoms with Crippen molar-refractivity contribution in [2.24, 2.45) is 0 Å². The summed E-state index contributed by atoms with van der Waals surface area (Å²) in [7, 11) is 1.28. The molecule has 5 rings (SSSR count). The Kier molecular flexibility index (Phi) is 8.90. The minimum absolute atomic E-state index is 0.0257. The number of aliphatic hydroxyl groups is 7. The van der Waals surface area contributed by atoms with Crippen molar-refractivity contribution in [3.63, 3.8) is 0 Å². The van der Waals surface area contributed by atoms with Crippen LogP contribution in [0.2, 0.25) is 0 Å². The van der Waals surface area contributed by atoms with Crippen LogP contribution in [0.3, 0.4) is 0 Å². The molecule has 44 heavy (non-hydrogen) atoms. The van der Waals surface area contributed by atoms with Gasteiger partial charge in [-0.05, 0) is 25.1 Å². The van der Waals surface area contributed by atoms with Crippen LogP contribution in [-0.2, 0) is 9.47 Å². The van der Waals surface area contributed by atoms with E-state index in [1.165, 1.54) is 38.3 Å². The molecule has 3 heterocycles. The van der Waals surface area contributed by atoms with Crippen LogP contribution in [0.4, 0.5) is 0 Å². The molecule has 2 aromatic carbocycles. The second-order valence-corrected chi connectivity index (χ2v) is 10.4. The van der Waals surface area contributed by atoms with E-state index in [1.807, 2.05) is 0 Å². The van der Waals surface area contributed by atoms with Gasteiger partial charge in [0.25, 0.3) is 0 Å². The van der Waals surface area contributed by atoms with E-state index < -0.39 is 90.3 Å². The largest absolute Gasteiger partial charge is 0.507 e. The second-order valence-electron chi connectivity index (χ2n) is 10.4. The van der Waals surface area contributed by atoms with Gasteiger partial charge in [0, 0.05) is 17.7 Å². The van der Waals surface area contributed by atoms with Gasteiger partial charge in [0.1, 0.15) is 65.2 Å². The Morgan fingerprint density at radius 1 is 0.795 bits per heavy atom. The van der Waals surface area contributed by atoms with Gasteiger partial charge in [-0.1, -0.05) is 0 Å². The van der Waals surface area contributed by atoms with Crippen LogP contribution in [0.1, 0.15) is 6.92 Å². The first-order valence-corrected chi connectivity index (χ1v) is 13.4. The summed E-state index contributed by atoms with van der Waals surface area (Å²) in [5, 5.41) is 91.4. The van der Waals surface area contributed by atoms with Crippen LogP contribution < -0.4 is 19.6 Å². The van der Waals surface area contributed by atoms with Gasteiger partial charge in [-0.15, -0.1) is 0 Å². The number of aromatic hydroxyl groups is 2. The lowest BCUT2D eigenvalue weighted by molar-refractivity contribution is -0.277. The number of fused-ring (bicyclic) bond motifs is 1. The van der Waals surface area contributed by atoms with Crippen LogP contribution in [0, 0.1) is 0 Å². The SMILES string of the molecule is COc1cc(-c2oc3cc(O[C@@H]4O[C@@H](C)[C@H](O)[C@@H](O)[C@H]4O)cc(O)c3c(=O)c2O[C@@H]2O[C@H](CO)[C@@H](O)[C@H](O)[C@H]2O)ccc1O. The first kappa shape index (κ1) is 31.7. The first-order valence-electron chi connectivity index (χ1n) is 13.4. The average molecular weight is 625 g/mol. The van der Waals surface area contributed by atoms with E-state index in [4.69, 9.17) is 28.1 Å². The molecule has 9 N–H and O–H groups in total. The molecule has 0 aliphatic carbocycles. The van der Waals surface area contributed by atoms with Crippen LogP contribution in [0.25, 0.3) is 22.3 Å². The molecule has 0 saturated carbocycles. The maximum atomic E-state index is 13.8. The molecule has 0 radical (unpaired) electrons. The van der Waals surface area contributed by atoms with E-state index in [2.05, 4.69) is 0 Å². The standard InChI is InChI=1S/C28H32O16/c1-9-18(32)21(35)23(37)27(40-9)41-11-6-13(31)17-15(7-11)42-25(10-3-4-12(30)14(5-10)39-2)26(20(17)34)44-28-24(38)22(36)19(33)16(8-29)43-28/h3-7,9,16,18-19,21-24,27-33,35-38H,8H2,1-2H3/t9-,16+,18-,19+,21+,22-,23+,24+,27-,28-/m0/s1. The Morgan fingerprint density at radius 2 is 1.45 bits per heavy atom. The van der Waals surface area contributed by atoms with Crippen LogP contribution >= 0.6 is 0 Å². The highest BCUT2D eigenvalue weighted by Gasteiger charge is 2.46. The van der Waals surface area contributed by atoms with Crippen molar-refractivity contribution in [1.82, 2.24) is 0 Å². The smallest absolute Gasteiger partial charge is 0.239 e. The fourth-order valence-electron chi connectivity index (χ4n) is 4.97. The zero-order chi connectivity index (χ0) is 32.0. The molecule has 10 atom stereocenters. The van der Waals surface area contributed by atoms with Gasteiger partial charge in [0.05, 0.1) is 19.8 Å². The Labute approximate surface area is 248 Å². The fourth-order valence-corrected chi connectivity index (χ4v) is 4.97. The van der Waals surface area contributed by atoms with Gasteiger partial charge in [0.2, 0.25) is 23.8 Å². The summed E-state index contributed by atoms with van der Waals surface area (Å²) in [4.78, 5) is 13.8. The summed E-state index contributed by atoms with van der Waals surface area (Å²) in [5.41, 5.74) is -1.16. The summed E-state index contributed by atoms with van der Waals surface area (Å²) in [6.45, 7) is 0.680. The van der Waals surface area contributed by atoms with Crippen LogP contribution in [0.15, 0.2) is 39.5 Å². The number of methoxy groups -OCH3 is 1. The molecule has 16 nitrogen and oxygen atoms in total. The van der Waals surface area contributed by atoms with Crippen molar-refractivity contribution < 1.29 is 74.1 Å². The predicted molar refractivity (Wildman–Crippen MR) is 145 cm³/mol. The van der Waals surface area contributed by atoms with Crippen molar-refractivity contribution in [3.05, 3.63) is 40.6 Å². The lowest BCUT2D eigenvalue weighted by Gasteiger charge is -2.39. The van der Waals surface area contributed by atoms with Gasteiger partial charge in [-0.3, -0.25) is 4.79 Å². The molecular weight excluding hydrogens is 592 g/mol. The highest BCUT2D eigenvalue weighted by molar-refractivity contribution is 5.88. The summed E-state index contributed by atoms with van der Waals surface area (Å²) in [6, 6.07) is 6.03. The third-order valence-corrected chi connectivity index (χ3v) is 7.49. The van der Waals surface area contributed by atoms with Crippen molar-refractivity contribution in [1.29, 1.82) is 0 Å². The Balaban J connectivity index is 1.62. The number of hydrogen-bond acceptors (Lipinski definition) is 16. The predicted octanol–water partition coefficient (Wildman–Crippen LogP) is -1.74. The number of phenols is 2. The third-order valence-electron chi connectivity index (χ3n) is 7.49. The summed E-state index contributed by atoms with van der Waals surface area (Å²) in [5.74, 6) is -2.08. The summed E-state index contributed by atoms with van der Waals surface area (Å²) in [6.07, 6.45) is -15.7. The van der Waals surface area contributed by atoms with E-state index in [0.29, 0.717) is 0 Å². The van der Waals surface area contributed by atoms with E-state index in [1.54, 1.807) is 0 Å². The van der Waals surface area contributed by atoms with E-state index in [0.717, 1.165) is 6.07 Å². The number of rotatable bonds is 7. The monoisotopic (exact) mass is 624 g/mol. The van der Waals surface area contributed by atoms with Gasteiger partial charge >= 0.3 is 0 Å². The summed E-state index contributed by atoms with van der Waals surface area (Å²) < 4.78 is 33.3. The Hall–Kier alpha value is -3.71. The molecule has 3 aromatic rings. The minimum Gasteiger partial charge on any atom is -0.507 e. The van der Waals surface area contributed by atoms with Crippen molar-refractivity contribution in [2.75, 3.05) is 13.7 Å². The lowest BCUT2D eigenvalue weighted by Crippen LogP contribution is -2.60. The normalized spacial score (nSPS) is 32.4. The molecule has 16 heteroatoms. The number of phenolic OH excluding ortho intramolecular Hbond substituents is 2. The van der Waals surface area contributed by atoms with Crippen LogP contribution in [-0.4, -0.2) is 121 Å². The first-order chi connectivity index (χ1) is 20.9. The quantitative estimate of drug-likeness (QED) is 0.141. The molecule has 2 fully saturated rings. The maximum Gasteiger partial charge on any atom is 0.239 e. The molecule has 2 aliphatic rings. The molecule has 1 aromatic heterocycles. The topological polar surface area (TPSA) is 258 Å². The molecule has 0 spiro atoms. The fraction of sp³-hybridized carbons (Fsp3) is 0.464. The Bertz CT molecular complexity index is 1550. The molecule has 0 amide bonds. The molecule has 2 aliphatic heterocycles. The summed E-state index contributed by atoms with van der Waals surface area (Å²) >= 11 is 0. The van der Waals surface area contributed by atoms with Gasteiger partial charge in [-0.25, -0.2) is 0 Å². The lowest BCUT2D eigenvalue weighted by atomic mass is 9.99. The average Bonchev–Trinajstić information content (AvgIpc) is 3.00. The van der Waals surface area contributed by atoms with Crippen molar-refractivity contribution in [3.8, 4) is 40.1 Å². The van der Waals surface area contributed by atoms with Gasteiger partial charge in [-0.2, -0.15) is 0 Å². The molecule has 0 unspecified atom stereocenters. The molecule has 0 bridgehead atoms. The molecular formula is C28H32O16. The van der Waals surface area contributed by atoms with Gasteiger partial charge < -0.3 is 74.1 Å². The number of benzene rings is 2. The number of hydrogen-bond donors (Lipinski definition) is 9. The molecule has 240 valence electrons. The number of ether oxygens (including phenoxy) is 5. The second kappa shape index (κ2) is 12.4. The zero-order valence-corrected chi connectivity index (χ0v) is 23.3. The maximum absolute atomic E-state index is 13.8. The van der Waals surface area contributed by atoms with E-state index >= 15 is 0 Å². The van der Waals surface area contributed by atoms with Crippen molar-refractivity contribution >= 4 is 11.0 Å². The molecule has 2 saturated heterocycles. The zero-order valence-electron chi connectivity index (χ0n) is 23.3. The van der Waals surface area contributed by atoms with Crippen LogP contribution in [0.5, 0.6) is 28.7 Å². The Morgan fingerprint density at radius 3 is 2.11 bits per heavy atom. The number of aliphatic hydroxyl groups excluding tert-OH is 7. The minimum atomic E-state index is -1.90. The highest BCUT2D eigenvalue weighted by Crippen LogP contribution is 2.40. The van der Waals surface area contributed by atoms with E-state index in [-0.39, 0.29) is 34.2 Å². The highest BCUT2D eigenvalue weighted by atomic mass is 16.7. The van der Waals surface area contributed by atoms with E-state index in [9.17, 15) is 50.8 Å². The van der Waals surface area contributed by atoms with Crippen molar-refractivity contribution in [2.45, 2.75) is 68.3 Å². The van der Waals surface area contributed by atoms with Gasteiger partial charge in [0.15, 0.2) is 17.3 Å². The third kappa shape index (κ3) is 5.63.